The normalized spacial score (nSPS) is 29.5. The number of allylic oxidation sites excluding steroid dienone is 1. The zero-order valence-corrected chi connectivity index (χ0v) is 14.8. The Balaban J connectivity index is 1.95. The Bertz CT molecular complexity index is 483. The Morgan fingerprint density at radius 1 is 1.36 bits per heavy atom. The Morgan fingerprint density at radius 2 is 2.05 bits per heavy atom. The van der Waals surface area contributed by atoms with Gasteiger partial charge in [-0.05, 0) is 26.2 Å². The van der Waals surface area contributed by atoms with E-state index in [2.05, 4.69) is 5.32 Å². The lowest BCUT2D eigenvalue weighted by Gasteiger charge is -2.27. The van der Waals surface area contributed by atoms with Crippen molar-refractivity contribution >= 4 is 34.4 Å². The van der Waals surface area contributed by atoms with Crippen LogP contribution in [0.5, 0.6) is 0 Å². The smallest absolute Gasteiger partial charge is 0.250 e. The van der Waals surface area contributed by atoms with Crippen LogP contribution in [0.3, 0.4) is 0 Å². The van der Waals surface area contributed by atoms with Crippen LogP contribution in [0.4, 0.5) is 0 Å². The van der Waals surface area contributed by atoms with Gasteiger partial charge in [-0.3, -0.25) is 13.8 Å². The van der Waals surface area contributed by atoms with Crippen LogP contribution in [0.2, 0.25) is 0 Å². The fourth-order valence-corrected chi connectivity index (χ4v) is 5.17. The Morgan fingerprint density at radius 3 is 2.68 bits per heavy atom. The van der Waals surface area contributed by atoms with E-state index in [0.717, 1.165) is 19.3 Å². The van der Waals surface area contributed by atoms with Crippen LogP contribution in [-0.4, -0.2) is 56.1 Å². The lowest BCUT2D eigenvalue weighted by molar-refractivity contribution is -0.135. The standard InChI is InChI=1S/C15H24N2O3S2/c1-3-4-11(2)15(19)17-10-21-9-13(17)14(18)16-12-5-7-22(20)8-6-12/h4,12-13H,3,5-10H2,1-2H3,(H,16,18). The highest BCUT2D eigenvalue weighted by atomic mass is 32.2. The molecule has 2 rings (SSSR count). The Kier molecular flexibility index (Phi) is 6.50. The minimum absolute atomic E-state index is 0.0447. The zero-order valence-electron chi connectivity index (χ0n) is 13.2. The van der Waals surface area contributed by atoms with Crippen molar-refractivity contribution in [2.75, 3.05) is 23.1 Å². The number of hydrogen-bond acceptors (Lipinski definition) is 4. The van der Waals surface area contributed by atoms with Gasteiger partial charge in [0.15, 0.2) is 0 Å². The number of rotatable bonds is 4. The molecular weight excluding hydrogens is 320 g/mol. The Labute approximate surface area is 138 Å². The molecule has 124 valence electrons. The molecule has 2 aliphatic rings. The molecule has 5 nitrogen and oxygen atoms in total. The van der Waals surface area contributed by atoms with Gasteiger partial charge in [-0.1, -0.05) is 13.0 Å². The molecule has 0 aliphatic carbocycles. The van der Waals surface area contributed by atoms with E-state index in [0.29, 0.717) is 28.7 Å². The van der Waals surface area contributed by atoms with E-state index in [9.17, 15) is 13.8 Å². The Hall–Kier alpha value is -0.820. The number of nitrogens with zero attached hydrogens (tertiary/aromatic N) is 1. The second-order valence-corrected chi connectivity index (χ2v) is 8.41. The van der Waals surface area contributed by atoms with Crippen LogP contribution >= 0.6 is 11.8 Å². The molecule has 1 unspecified atom stereocenters. The quantitative estimate of drug-likeness (QED) is 0.780. The van der Waals surface area contributed by atoms with Gasteiger partial charge < -0.3 is 10.2 Å². The molecule has 7 heteroatoms. The summed E-state index contributed by atoms with van der Waals surface area (Å²) in [6, 6.07) is -0.287. The molecule has 0 aromatic heterocycles. The van der Waals surface area contributed by atoms with Gasteiger partial charge in [0.1, 0.15) is 6.04 Å². The summed E-state index contributed by atoms with van der Waals surface area (Å²) in [6.45, 7) is 3.80. The third kappa shape index (κ3) is 4.35. The van der Waals surface area contributed by atoms with Crippen LogP contribution in [0.1, 0.15) is 33.1 Å². The fraction of sp³-hybridized carbons (Fsp3) is 0.733. The van der Waals surface area contributed by atoms with E-state index < -0.39 is 10.8 Å². The molecular formula is C15H24N2O3S2. The number of carbonyl (C=O) groups is 2. The van der Waals surface area contributed by atoms with E-state index in [1.165, 1.54) is 0 Å². The van der Waals surface area contributed by atoms with Crippen LogP contribution in [0.15, 0.2) is 11.6 Å². The van der Waals surface area contributed by atoms with Gasteiger partial charge in [-0.25, -0.2) is 0 Å². The molecule has 1 N–H and O–H groups in total. The molecule has 2 heterocycles. The molecule has 0 radical (unpaired) electrons. The first-order valence-corrected chi connectivity index (χ1v) is 10.4. The average Bonchev–Trinajstić information content (AvgIpc) is 2.98. The van der Waals surface area contributed by atoms with Crippen LogP contribution in [0, 0.1) is 0 Å². The maximum absolute atomic E-state index is 12.5. The van der Waals surface area contributed by atoms with Crippen molar-refractivity contribution in [3.8, 4) is 0 Å². The van der Waals surface area contributed by atoms with Gasteiger partial charge in [0, 0.05) is 39.7 Å². The fourth-order valence-electron chi connectivity index (χ4n) is 2.72. The number of amides is 2. The first-order valence-electron chi connectivity index (χ1n) is 7.73. The minimum atomic E-state index is -0.728. The molecule has 2 saturated heterocycles. The molecule has 0 aromatic rings. The van der Waals surface area contributed by atoms with E-state index in [1.54, 1.807) is 23.6 Å². The summed E-state index contributed by atoms with van der Waals surface area (Å²) < 4.78 is 11.4. The maximum Gasteiger partial charge on any atom is 0.250 e. The largest absolute Gasteiger partial charge is 0.351 e. The molecule has 0 bridgehead atoms. The SMILES string of the molecule is CCC=C(C)C(=O)N1CSCC1C(=O)NC1CCS(=O)CC1. The van der Waals surface area contributed by atoms with Crippen molar-refractivity contribution in [3.63, 3.8) is 0 Å². The van der Waals surface area contributed by atoms with E-state index in [4.69, 9.17) is 0 Å². The summed E-state index contributed by atoms with van der Waals surface area (Å²) in [7, 11) is -0.728. The molecule has 22 heavy (non-hydrogen) atoms. The van der Waals surface area contributed by atoms with Gasteiger partial charge in [0.2, 0.25) is 5.91 Å². The van der Waals surface area contributed by atoms with Crippen LogP contribution < -0.4 is 5.32 Å². The lowest BCUT2D eigenvalue weighted by Crippen LogP contribution is -2.51. The molecule has 1 atom stereocenters. The van der Waals surface area contributed by atoms with Crippen molar-refractivity contribution in [2.24, 2.45) is 0 Å². The second kappa shape index (κ2) is 8.15. The first-order chi connectivity index (χ1) is 10.5. The van der Waals surface area contributed by atoms with Gasteiger partial charge in [0.25, 0.3) is 5.91 Å². The highest BCUT2D eigenvalue weighted by Crippen LogP contribution is 2.23. The average molecular weight is 345 g/mol. The van der Waals surface area contributed by atoms with Crippen molar-refractivity contribution in [3.05, 3.63) is 11.6 Å². The summed E-state index contributed by atoms with van der Waals surface area (Å²) >= 11 is 1.61. The van der Waals surface area contributed by atoms with Crippen molar-refractivity contribution in [1.29, 1.82) is 0 Å². The molecule has 0 saturated carbocycles. The van der Waals surface area contributed by atoms with Gasteiger partial charge in [-0.15, -0.1) is 11.8 Å². The minimum Gasteiger partial charge on any atom is -0.351 e. The second-order valence-electron chi connectivity index (χ2n) is 5.72. The summed E-state index contributed by atoms with van der Waals surface area (Å²) in [5.74, 6) is 2.42. The van der Waals surface area contributed by atoms with Gasteiger partial charge in [-0.2, -0.15) is 0 Å². The maximum atomic E-state index is 12.5. The summed E-state index contributed by atoms with van der Waals surface area (Å²) in [5, 5.41) is 3.04. The highest BCUT2D eigenvalue weighted by molar-refractivity contribution is 7.99. The van der Waals surface area contributed by atoms with E-state index in [1.807, 2.05) is 13.0 Å². The van der Waals surface area contributed by atoms with E-state index >= 15 is 0 Å². The number of thioether (sulfide) groups is 1. The predicted octanol–water partition coefficient (Wildman–Crippen LogP) is 1.27. The summed E-state index contributed by atoms with van der Waals surface area (Å²) in [4.78, 5) is 26.6. The summed E-state index contributed by atoms with van der Waals surface area (Å²) in [5.41, 5.74) is 0.705. The molecule has 2 fully saturated rings. The first kappa shape index (κ1) is 17.5. The van der Waals surface area contributed by atoms with Crippen molar-refractivity contribution < 1.29 is 13.8 Å². The van der Waals surface area contributed by atoms with E-state index in [-0.39, 0.29) is 23.9 Å². The zero-order chi connectivity index (χ0) is 16.1. The third-order valence-electron chi connectivity index (χ3n) is 4.03. The number of nitrogens with one attached hydrogen (secondary N) is 1. The molecule has 2 aliphatic heterocycles. The molecule has 2 amide bonds. The summed E-state index contributed by atoms with van der Waals surface area (Å²) in [6.07, 6.45) is 4.24. The van der Waals surface area contributed by atoms with Crippen LogP contribution in [-0.2, 0) is 20.4 Å². The van der Waals surface area contributed by atoms with Crippen molar-refractivity contribution in [1.82, 2.24) is 10.2 Å². The predicted molar refractivity (Wildman–Crippen MR) is 91.0 cm³/mol. The van der Waals surface area contributed by atoms with Crippen LogP contribution in [0.25, 0.3) is 0 Å². The third-order valence-corrected chi connectivity index (χ3v) is 6.42. The number of carbonyl (C=O) groups excluding carboxylic acids is 2. The molecule has 0 spiro atoms. The van der Waals surface area contributed by atoms with Crippen molar-refractivity contribution in [2.45, 2.75) is 45.2 Å². The lowest BCUT2D eigenvalue weighted by atomic mass is 10.1. The molecule has 0 aromatic carbocycles. The highest BCUT2D eigenvalue weighted by Gasteiger charge is 2.36. The monoisotopic (exact) mass is 344 g/mol. The number of hydrogen-bond donors (Lipinski definition) is 1. The topological polar surface area (TPSA) is 66.5 Å². The van der Waals surface area contributed by atoms with Gasteiger partial charge >= 0.3 is 0 Å². The van der Waals surface area contributed by atoms with Gasteiger partial charge in [0.05, 0.1) is 5.88 Å².